The van der Waals surface area contributed by atoms with Gasteiger partial charge in [0.25, 0.3) is 0 Å². The summed E-state index contributed by atoms with van der Waals surface area (Å²) in [6, 6.07) is 8.66. The first-order valence-electron chi connectivity index (χ1n) is 5.64. The number of hydrogen-bond donors (Lipinski definition) is 0. The van der Waals surface area contributed by atoms with Crippen molar-refractivity contribution in [2.45, 2.75) is 17.1 Å². The SMILES string of the molecule is CC(Sc1ccncc1)C(=O)c1ccc(Cl)cc1Cl. The van der Waals surface area contributed by atoms with Gasteiger partial charge in [-0.15, -0.1) is 11.8 Å². The smallest absolute Gasteiger partial charge is 0.177 e. The summed E-state index contributed by atoms with van der Waals surface area (Å²) in [4.78, 5) is 17.3. The number of Topliss-reactive ketones (excluding diaryl/α,β-unsaturated/α-hetero) is 1. The van der Waals surface area contributed by atoms with Crippen molar-refractivity contribution in [1.82, 2.24) is 4.98 Å². The van der Waals surface area contributed by atoms with Crippen molar-refractivity contribution in [1.29, 1.82) is 0 Å². The van der Waals surface area contributed by atoms with Gasteiger partial charge in [-0.25, -0.2) is 0 Å². The first-order chi connectivity index (χ1) is 9.08. The van der Waals surface area contributed by atoms with Crippen LogP contribution in [0.4, 0.5) is 0 Å². The Kier molecular flexibility index (Phi) is 4.86. The lowest BCUT2D eigenvalue weighted by Gasteiger charge is -2.11. The van der Waals surface area contributed by atoms with Gasteiger partial charge in [0.15, 0.2) is 5.78 Å². The molecular weight excluding hydrogens is 301 g/mol. The third kappa shape index (κ3) is 3.72. The topological polar surface area (TPSA) is 30.0 Å². The largest absolute Gasteiger partial charge is 0.293 e. The van der Waals surface area contributed by atoms with Gasteiger partial charge in [0.1, 0.15) is 0 Å². The van der Waals surface area contributed by atoms with Crippen LogP contribution in [0.1, 0.15) is 17.3 Å². The van der Waals surface area contributed by atoms with Gasteiger partial charge in [-0.1, -0.05) is 23.2 Å². The van der Waals surface area contributed by atoms with E-state index in [9.17, 15) is 4.79 Å². The number of thioether (sulfide) groups is 1. The quantitative estimate of drug-likeness (QED) is 0.602. The standard InChI is InChI=1S/C14H11Cl2NOS/c1-9(19-11-4-6-17-7-5-11)14(18)12-3-2-10(15)8-13(12)16/h2-9H,1H3. The molecule has 0 aliphatic rings. The van der Waals surface area contributed by atoms with Gasteiger partial charge >= 0.3 is 0 Å². The highest BCUT2D eigenvalue weighted by molar-refractivity contribution is 8.00. The van der Waals surface area contributed by atoms with Crippen molar-refractivity contribution < 1.29 is 4.79 Å². The molecule has 98 valence electrons. The zero-order valence-electron chi connectivity index (χ0n) is 10.1. The highest BCUT2D eigenvalue weighted by atomic mass is 35.5. The fraction of sp³-hybridized carbons (Fsp3) is 0.143. The Labute approximate surface area is 126 Å². The Morgan fingerprint density at radius 1 is 1.21 bits per heavy atom. The molecule has 5 heteroatoms. The number of halogens is 2. The predicted octanol–water partition coefficient (Wildman–Crippen LogP) is 4.75. The van der Waals surface area contributed by atoms with E-state index < -0.39 is 0 Å². The normalized spacial score (nSPS) is 12.2. The summed E-state index contributed by atoms with van der Waals surface area (Å²) < 4.78 is 0. The minimum absolute atomic E-state index is 0.0107. The zero-order chi connectivity index (χ0) is 13.8. The summed E-state index contributed by atoms with van der Waals surface area (Å²) in [5.41, 5.74) is 0.500. The molecule has 0 fully saturated rings. The average Bonchev–Trinajstić information content (AvgIpc) is 2.39. The molecule has 0 radical (unpaired) electrons. The summed E-state index contributed by atoms with van der Waals surface area (Å²) in [6.45, 7) is 1.86. The fourth-order valence-electron chi connectivity index (χ4n) is 1.58. The van der Waals surface area contributed by atoms with Crippen LogP contribution in [0.3, 0.4) is 0 Å². The lowest BCUT2D eigenvalue weighted by atomic mass is 10.1. The maximum absolute atomic E-state index is 12.3. The number of rotatable bonds is 4. The van der Waals surface area contributed by atoms with E-state index in [1.807, 2.05) is 19.1 Å². The highest BCUT2D eigenvalue weighted by Crippen LogP contribution is 2.28. The molecule has 0 N–H and O–H groups in total. The molecular formula is C14H11Cl2NOS. The van der Waals surface area contributed by atoms with E-state index >= 15 is 0 Å². The maximum atomic E-state index is 12.3. The molecule has 19 heavy (non-hydrogen) atoms. The van der Waals surface area contributed by atoms with Crippen LogP contribution in [-0.4, -0.2) is 16.0 Å². The van der Waals surface area contributed by atoms with E-state index in [0.29, 0.717) is 15.6 Å². The molecule has 1 atom stereocenters. The number of ketones is 1. The Hall–Kier alpha value is -1.03. The van der Waals surface area contributed by atoms with Crippen LogP contribution < -0.4 is 0 Å². The van der Waals surface area contributed by atoms with E-state index in [-0.39, 0.29) is 11.0 Å². The van der Waals surface area contributed by atoms with E-state index in [4.69, 9.17) is 23.2 Å². The number of carbonyl (C=O) groups is 1. The minimum Gasteiger partial charge on any atom is -0.293 e. The Morgan fingerprint density at radius 3 is 2.53 bits per heavy atom. The molecule has 0 spiro atoms. The van der Waals surface area contributed by atoms with Gasteiger partial charge in [0, 0.05) is 27.9 Å². The molecule has 1 heterocycles. The molecule has 1 aromatic heterocycles. The first kappa shape index (κ1) is 14.4. The van der Waals surface area contributed by atoms with Crippen molar-refractivity contribution in [2.24, 2.45) is 0 Å². The Bertz CT molecular complexity index is 589. The molecule has 1 unspecified atom stereocenters. The number of nitrogens with zero attached hydrogens (tertiary/aromatic N) is 1. The summed E-state index contributed by atoms with van der Waals surface area (Å²) >= 11 is 13.3. The molecule has 2 nitrogen and oxygen atoms in total. The van der Waals surface area contributed by atoms with Gasteiger partial charge in [0.05, 0.1) is 10.3 Å². The van der Waals surface area contributed by atoms with Gasteiger partial charge < -0.3 is 0 Å². The maximum Gasteiger partial charge on any atom is 0.177 e. The third-order valence-corrected chi connectivity index (χ3v) is 4.19. The van der Waals surface area contributed by atoms with Crippen LogP contribution in [0.15, 0.2) is 47.6 Å². The van der Waals surface area contributed by atoms with Gasteiger partial charge in [0.2, 0.25) is 0 Å². The lowest BCUT2D eigenvalue weighted by Crippen LogP contribution is -2.13. The molecule has 2 rings (SSSR count). The van der Waals surface area contributed by atoms with Crippen molar-refractivity contribution in [3.63, 3.8) is 0 Å². The van der Waals surface area contributed by atoms with Crippen LogP contribution in [0.2, 0.25) is 10.0 Å². The molecule has 0 aliphatic heterocycles. The number of benzene rings is 1. The van der Waals surface area contributed by atoms with Crippen molar-refractivity contribution >= 4 is 40.7 Å². The van der Waals surface area contributed by atoms with Crippen LogP contribution >= 0.6 is 35.0 Å². The lowest BCUT2D eigenvalue weighted by molar-refractivity contribution is 0.0994. The molecule has 0 aliphatic carbocycles. The predicted molar refractivity (Wildman–Crippen MR) is 80.3 cm³/mol. The Morgan fingerprint density at radius 2 is 1.89 bits per heavy atom. The second-order valence-electron chi connectivity index (χ2n) is 3.93. The number of carbonyl (C=O) groups excluding carboxylic acids is 1. The van der Waals surface area contributed by atoms with Crippen LogP contribution in [0, 0.1) is 0 Å². The monoisotopic (exact) mass is 311 g/mol. The summed E-state index contributed by atoms with van der Waals surface area (Å²) in [5, 5.41) is 0.691. The van der Waals surface area contributed by atoms with Gasteiger partial charge in [-0.05, 0) is 37.3 Å². The second kappa shape index (κ2) is 6.42. The first-order valence-corrected chi connectivity index (χ1v) is 7.27. The van der Waals surface area contributed by atoms with Gasteiger partial charge in [-0.2, -0.15) is 0 Å². The molecule has 0 bridgehead atoms. The average molecular weight is 312 g/mol. The highest BCUT2D eigenvalue weighted by Gasteiger charge is 2.19. The third-order valence-electron chi connectivity index (χ3n) is 2.53. The molecule has 0 amide bonds. The molecule has 2 aromatic rings. The number of hydrogen-bond acceptors (Lipinski definition) is 3. The molecule has 0 saturated heterocycles. The van der Waals surface area contributed by atoms with Crippen molar-refractivity contribution in [3.8, 4) is 0 Å². The summed E-state index contributed by atoms with van der Waals surface area (Å²) in [5.74, 6) is -0.0107. The molecule has 0 saturated carbocycles. The Balaban J connectivity index is 2.15. The summed E-state index contributed by atoms with van der Waals surface area (Å²) in [6.07, 6.45) is 3.41. The zero-order valence-corrected chi connectivity index (χ0v) is 12.5. The fourth-order valence-corrected chi connectivity index (χ4v) is 3.01. The molecule has 1 aromatic carbocycles. The van der Waals surface area contributed by atoms with E-state index in [1.54, 1.807) is 30.6 Å². The van der Waals surface area contributed by atoms with Crippen molar-refractivity contribution in [3.05, 3.63) is 58.3 Å². The van der Waals surface area contributed by atoms with E-state index in [2.05, 4.69) is 4.98 Å². The van der Waals surface area contributed by atoms with Crippen LogP contribution in [-0.2, 0) is 0 Å². The van der Waals surface area contributed by atoms with E-state index in [1.165, 1.54) is 11.8 Å². The van der Waals surface area contributed by atoms with Crippen LogP contribution in [0.5, 0.6) is 0 Å². The minimum atomic E-state index is -0.221. The summed E-state index contributed by atoms with van der Waals surface area (Å²) in [7, 11) is 0. The van der Waals surface area contributed by atoms with Crippen molar-refractivity contribution in [2.75, 3.05) is 0 Å². The number of pyridine rings is 1. The number of aromatic nitrogens is 1. The van der Waals surface area contributed by atoms with Gasteiger partial charge in [-0.3, -0.25) is 9.78 Å². The van der Waals surface area contributed by atoms with E-state index in [0.717, 1.165) is 4.90 Å². The second-order valence-corrected chi connectivity index (χ2v) is 6.19. The van der Waals surface area contributed by atoms with Crippen LogP contribution in [0.25, 0.3) is 0 Å².